The molecule has 0 aliphatic carbocycles. The minimum atomic E-state index is -0.527. The Morgan fingerprint density at radius 2 is 2.18 bits per heavy atom. The quantitative estimate of drug-likeness (QED) is 0.751. The van der Waals surface area contributed by atoms with Gasteiger partial charge in [-0.2, -0.15) is 5.26 Å². The van der Waals surface area contributed by atoms with Crippen LogP contribution in [0.25, 0.3) is 0 Å². The minimum absolute atomic E-state index is 0.0450. The summed E-state index contributed by atoms with van der Waals surface area (Å²) >= 11 is 0. The van der Waals surface area contributed by atoms with Gasteiger partial charge in [-0.15, -0.1) is 0 Å². The first kappa shape index (κ1) is 14.0. The topological polar surface area (TPSA) is 53.3 Å². The standard InChI is InChI=1S/C13H22N2O2/c1-9(2)11(7-14)13(16)15-6-5-10(3)12(8-15)17-4/h9-12H,5-6,8H2,1-4H3. The molecule has 0 saturated carbocycles. The van der Waals surface area contributed by atoms with Crippen molar-refractivity contribution in [2.45, 2.75) is 33.3 Å². The maximum atomic E-state index is 12.2. The highest BCUT2D eigenvalue weighted by Crippen LogP contribution is 2.22. The molecule has 1 rings (SSSR count). The van der Waals surface area contributed by atoms with Crippen molar-refractivity contribution >= 4 is 5.91 Å². The number of carbonyl (C=O) groups excluding carboxylic acids is 1. The van der Waals surface area contributed by atoms with E-state index in [4.69, 9.17) is 10.00 Å². The first-order valence-corrected chi connectivity index (χ1v) is 6.22. The average Bonchev–Trinajstić information content (AvgIpc) is 2.29. The van der Waals surface area contributed by atoms with E-state index in [1.165, 1.54) is 0 Å². The van der Waals surface area contributed by atoms with Gasteiger partial charge in [0.05, 0.1) is 12.2 Å². The molecule has 1 saturated heterocycles. The molecular formula is C13H22N2O2. The zero-order valence-corrected chi connectivity index (χ0v) is 11.1. The Balaban J connectivity index is 2.68. The molecule has 1 fully saturated rings. The molecule has 4 nitrogen and oxygen atoms in total. The van der Waals surface area contributed by atoms with Crippen molar-refractivity contribution in [2.24, 2.45) is 17.8 Å². The molecule has 1 aliphatic rings. The Labute approximate surface area is 104 Å². The third-order valence-corrected chi connectivity index (χ3v) is 3.58. The van der Waals surface area contributed by atoms with E-state index in [9.17, 15) is 4.79 Å². The highest BCUT2D eigenvalue weighted by atomic mass is 16.5. The number of nitriles is 1. The van der Waals surface area contributed by atoms with E-state index in [-0.39, 0.29) is 17.9 Å². The number of hydrogen-bond donors (Lipinski definition) is 0. The van der Waals surface area contributed by atoms with Crippen LogP contribution in [0.3, 0.4) is 0 Å². The number of rotatable bonds is 3. The Kier molecular flexibility index (Phi) is 4.95. The molecule has 0 aromatic carbocycles. The summed E-state index contributed by atoms with van der Waals surface area (Å²) in [5.41, 5.74) is 0. The van der Waals surface area contributed by atoms with Crippen LogP contribution in [-0.4, -0.2) is 37.1 Å². The van der Waals surface area contributed by atoms with Crippen molar-refractivity contribution < 1.29 is 9.53 Å². The van der Waals surface area contributed by atoms with Crippen molar-refractivity contribution in [3.8, 4) is 6.07 Å². The number of amides is 1. The Morgan fingerprint density at radius 1 is 1.53 bits per heavy atom. The second-order valence-electron chi connectivity index (χ2n) is 5.18. The highest BCUT2D eigenvalue weighted by Gasteiger charge is 2.33. The Morgan fingerprint density at radius 3 is 2.65 bits per heavy atom. The summed E-state index contributed by atoms with van der Waals surface area (Å²) in [4.78, 5) is 14.0. The molecule has 17 heavy (non-hydrogen) atoms. The normalized spacial score (nSPS) is 26.7. The van der Waals surface area contributed by atoms with Gasteiger partial charge in [-0.1, -0.05) is 20.8 Å². The SMILES string of the molecule is COC1CN(C(=O)C(C#N)C(C)C)CCC1C. The van der Waals surface area contributed by atoms with Crippen molar-refractivity contribution in [1.82, 2.24) is 4.90 Å². The van der Waals surface area contributed by atoms with Gasteiger partial charge < -0.3 is 9.64 Å². The molecule has 1 heterocycles. The van der Waals surface area contributed by atoms with Crippen LogP contribution in [0.1, 0.15) is 27.2 Å². The van der Waals surface area contributed by atoms with Gasteiger partial charge in [0.2, 0.25) is 5.91 Å². The first-order chi connectivity index (χ1) is 8.01. The number of piperidine rings is 1. The molecule has 0 bridgehead atoms. The van der Waals surface area contributed by atoms with Crippen LogP contribution in [0.4, 0.5) is 0 Å². The monoisotopic (exact) mass is 238 g/mol. The van der Waals surface area contributed by atoms with Crippen LogP contribution in [-0.2, 0) is 9.53 Å². The molecule has 0 radical (unpaired) electrons. The van der Waals surface area contributed by atoms with Crippen LogP contribution in [0.5, 0.6) is 0 Å². The summed E-state index contributed by atoms with van der Waals surface area (Å²) in [5.74, 6) is -0.0335. The Bertz CT molecular complexity index is 309. The molecule has 96 valence electrons. The average molecular weight is 238 g/mol. The lowest BCUT2D eigenvalue weighted by Crippen LogP contribution is -2.49. The van der Waals surface area contributed by atoms with Gasteiger partial charge in [-0.25, -0.2) is 0 Å². The third kappa shape index (κ3) is 3.19. The summed E-state index contributed by atoms with van der Waals surface area (Å²) in [6, 6.07) is 2.11. The highest BCUT2D eigenvalue weighted by molar-refractivity contribution is 5.81. The van der Waals surface area contributed by atoms with Gasteiger partial charge >= 0.3 is 0 Å². The van der Waals surface area contributed by atoms with Crippen molar-refractivity contribution in [2.75, 3.05) is 20.2 Å². The van der Waals surface area contributed by atoms with Gasteiger partial charge in [-0.3, -0.25) is 4.79 Å². The zero-order chi connectivity index (χ0) is 13.0. The summed E-state index contributed by atoms with van der Waals surface area (Å²) < 4.78 is 5.38. The van der Waals surface area contributed by atoms with E-state index in [1.807, 2.05) is 13.8 Å². The number of ether oxygens (including phenoxy) is 1. The molecular weight excluding hydrogens is 216 g/mol. The van der Waals surface area contributed by atoms with Gasteiger partial charge in [0.15, 0.2) is 0 Å². The van der Waals surface area contributed by atoms with Crippen LogP contribution in [0.2, 0.25) is 0 Å². The summed E-state index contributed by atoms with van der Waals surface area (Å²) in [6.07, 6.45) is 1.04. The lowest BCUT2D eigenvalue weighted by Gasteiger charge is -2.37. The molecule has 0 aromatic heterocycles. The molecule has 0 spiro atoms. The second kappa shape index (κ2) is 6.02. The second-order valence-corrected chi connectivity index (χ2v) is 5.18. The predicted octanol–water partition coefficient (Wildman–Crippen LogP) is 1.67. The Hall–Kier alpha value is -1.08. The molecule has 3 unspecified atom stereocenters. The molecule has 3 atom stereocenters. The predicted molar refractivity (Wildman–Crippen MR) is 65.1 cm³/mol. The zero-order valence-electron chi connectivity index (χ0n) is 11.1. The molecule has 0 aromatic rings. The molecule has 4 heteroatoms. The fraction of sp³-hybridized carbons (Fsp3) is 0.846. The van der Waals surface area contributed by atoms with E-state index in [0.29, 0.717) is 12.5 Å². The number of nitrogens with zero attached hydrogens (tertiary/aromatic N) is 2. The van der Waals surface area contributed by atoms with Crippen molar-refractivity contribution in [3.63, 3.8) is 0 Å². The maximum absolute atomic E-state index is 12.2. The number of hydrogen-bond acceptors (Lipinski definition) is 3. The van der Waals surface area contributed by atoms with Crippen LogP contribution < -0.4 is 0 Å². The molecule has 1 aliphatic heterocycles. The number of methoxy groups -OCH3 is 1. The van der Waals surface area contributed by atoms with Gasteiger partial charge in [0, 0.05) is 20.2 Å². The van der Waals surface area contributed by atoms with E-state index in [2.05, 4.69) is 13.0 Å². The smallest absolute Gasteiger partial charge is 0.240 e. The summed E-state index contributed by atoms with van der Waals surface area (Å²) in [5, 5.41) is 9.04. The molecule has 0 N–H and O–H groups in total. The van der Waals surface area contributed by atoms with Gasteiger partial charge in [0.25, 0.3) is 0 Å². The minimum Gasteiger partial charge on any atom is -0.379 e. The lowest BCUT2D eigenvalue weighted by atomic mass is 9.92. The van der Waals surface area contributed by atoms with E-state index < -0.39 is 5.92 Å². The number of carbonyl (C=O) groups is 1. The van der Waals surface area contributed by atoms with E-state index >= 15 is 0 Å². The number of likely N-dealkylation sites (tertiary alicyclic amines) is 1. The van der Waals surface area contributed by atoms with Gasteiger partial charge in [0.1, 0.15) is 5.92 Å². The van der Waals surface area contributed by atoms with Crippen molar-refractivity contribution in [3.05, 3.63) is 0 Å². The fourth-order valence-corrected chi connectivity index (χ4v) is 2.23. The van der Waals surface area contributed by atoms with Crippen LogP contribution in [0, 0.1) is 29.1 Å². The molecule has 1 amide bonds. The summed E-state index contributed by atoms with van der Waals surface area (Å²) in [6.45, 7) is 7.31. The van der Waals surface area contributed by atoms with Crippen molar-refractivity contribution in [1.29, 1.82) is 5.26 Å². The van der Waals surface area contributed by atoms with E-state index in [0.717, 1.165) is 13.0 Å². The maximum Gasteiger partial charge on any atom is 0.240 e. The van der Waals surface area contributed by atoms with Crippen LogP contribution >= 0.6 is 0 Å². The first-order valence-electron chi connectivity index (χ1n) is 6.22. The van der Waals surface area contributed by atoms with Gasteiger partial charge in [-0.05, 0) is 18.3 Å². The largest absolute Gasteiger partial charge is 0.379 e. The van der Waals surface area contributed by atoms with Crippen LogP contribution in [0.15, 0.2) is 0 Å². The summed E-state index contributed by atoms with van der Waals surface area (Å²) in [7, 11) is 1.68. The lowest BCUT2D eigenvalue weighted by molar-refractivity contribution is -0.139. The van der Waals surface area contributed by atoms with E-state index in [1.54, 1.807) is 12.0 Å². The third-order valence-electron chi connectivity index (χ3n) is 3.58. The fourth-order valence-electron chi connectivity index (χ4n) is 2.23.